The average molecular weight is 404 g/mol. The summed E-state index contributed by atoms with van der Waals surface area (Å²) in [4.78, 5) is 21.7. The third-order valence-corrected chi connectivity index (χ3v) is 5.48. The molecule has 3 aromatic rings. The van der Waals surface area contributed by atoms with Gasteiger partial charge in [0.1, 0.15) is 10.0 Å². The minimum Gasteiger partial charge on any atom is -0.461 e. The third kappa shape index (κ3) is 4.72. The van der Waals surface area contributed by atoms with Crippen LogP contribution in [0.25, 0.3) is 11.6 Å². The van der Waals surface area contributed by atoms with Gasteiger partial charge in [-0.15, -0.1) is 22.0 Å². The lowest BCUT2D eigenvalue weighted by atomic mass is 10.2. The highest BCUT2D eigenvalue weighted by Gasteiger charge is 2.21. The Kier molecular flexibility index (Phi) is 6.57. The van der Waals surface area contributed by atoms with Gasteiger partial charge in [0.05, 0.1) is 17.5 Å². The summed E-state index contributed by atoms with van der Waals surface area (Å²) in [5.74, 6) is 0.757. The lowest BCUT2D eigenvalue weighted by Crippen LogP contribution is -2.16. The van der Waals surface area contributed by atoms with Crippen LogP contribution in [0.2, 0.25) is 0 Å². The van der Waals surface area contributed by atoms with Crippen molar-refractivity contribution < 1.29 is 9.21 Å². The lowest BCUT2D eigenvalue weighted by Gasteiger charge is -2.10. The molecule has 0 unspecified atom stereocenters. The van der Waals surface area contributed by atoms with E-state index in [4.69, 9.17) is 4.42 Å². The summed E-state index contributed by atoms with van der Waals surface area (Å²) < 4.78 is 5.36. The van der Waals surface area contributed by atoms with E-state index in [1.54, 1.807) is 25.3 Å². The first kappa shape index (κ1) is 19.5. The van der Waals surface area contributed by atoms with Crippen LogP contribution in [-0.4, -0.2) is 32.3 Å². The highest BCUT2D eigenvalue weighted by Crippen LogP contribution is 2.26. The van der Waals surface area contributed by atoms with Crippen LogP contribution >= 0.6 is 23.1 Å². The lowest BCUT2D eigenvalue weighted by molar-refractivity contribution is 0.102. The van der Waals surface area contributed by atoms with E-state index in [1.165, 1.54) is 23.1 Å². The van der Waals surface area contributed by atoms with Gasteiger partial charge < -0.3 is 4.42 Å². The second kappa shape index (κ2) is 9.09. The molecule has 7 nitrogen and oxygen atoms in total. The maximum absolute atomic E-state index is 12.8. The van der Waals surface area contributed by atoms with Crippen molar-refractivity contribution in [3.63, 3.8) is 0 Å². The molecule has 0 saturated heterocycles. The number of rotatable bonds is 8. The molecule has 3 aromatic heterocycles. The topological polar surface area (TPSA) is 93.8 Å². The fraction of sp³-hybridized carbons (Fsp3) is 0.389. The second-order valence-electron chi connectivity index (χ2n) is 5.91. The Morgan fingerprint density at radius 2 is 2.15 bits per heavy atom. The molecular weight excluding hydrogens is 382 g/mol. The number of carbonyl (C=O) groups is 1. The summed E-state index contributed by atoms with van der Waals surface area (Å²) >= 11 is 2.80. The monoisotopic (exact) mass is 403 g/mol. The van der Waals surface area contributed by atoms with Crippen LogP contribution in [0.3, 0.4) is 0 Å². The fourth-order valence-corrected chi connectivity index (χ4v) is 3.96. The summed E-state index contributed by atoms with van der Waals surface area (Å²) in [5, 5.41) is 13.1. The normalized spacial score (nSPS) is 10.9. The number of amides is 1. The molecule has 0 fully saturated rings. The molecule has 0 aliphatic carbocycles. The van der Waals surface area contributed by atoms with E-state index in [2.05, 4.69) is 32.4 Å². The molecule has 0 aromatic carbocycles. The molecule has 0 radical (unpaired) electrons. The summed E-state index contributed by atoms with van der Waals surface area (Å²) in [7, 11) is 0. The van der Waals surface area contributed by atoms with Crippen molar-refractivity contribution in [2.45, 2.75) is 44.6 Å². The summed E-state index contributed by atoms with van der Waals surface area (Å²) in [6, 6.07) is 3.57. The van der Waals surface area contributed by atoms with Gasteiger partial charge in [0.2, 0.25) is 5.13 Å². The first-order chi connectivity index (χ1) is 13.1. The van der Waals surface area contributed by atoms with Gasteiger partial charge in [0.25, 0.3) is 5.91 Å². The van der Waals surface area contributed by atoms with E-state index in [0.717, 1.165) is 30.7 Å². The Morgan fingerprint density at radius 1 is 1.30 bits per heavy atom. The SMILES string of the molecule is CCCCCc1nnc(NC(=O)c2c(C)nc(-c3ccco3)nc2SC)s1. The van der Waals surface area contributed by atoms with E-state index in [-0.39, 0.29) is 5.91 Å². The van der Waals surface area contributed by atoms with Crippen molar-refractivity contribution in [1.82, 2.24) is 20.2 Å². The molecule has 0 aliphatic rings. The maximum atomic E-state index is 12.8. The predicted octanol–water partition coefficient (Wildman–Crippen LogP) is 4.60. The van der Waals surface area contributed by atoms with Gasteiger partial charge in [-0.3, -0.25) is 10.1 Å². The van der Waals surface area contributed by atoms with E-state index in [9.17, 15) is 4.79 Å². The zero-order chi connectivity index (χ0) is 19.2. The second-order valence-corrected chi connectivity index (χ2v) is 7.76. The molecule has 9 heteroatoms. The number of unbranched alkanes of at least 4 members (excludes halogenated alkanes) is 2. The van der Waals surface area contributed by atoms with Crippen molar-refractivity contribution in [2.24, 2.45) is 0 Å². The van der Waals surface area contributed by atoms with Crippen molar-refractivity contribution >= 4 is 34.1 Å². The molecule has 3 heterocycles. The van der Waals surface area contributed by atoms with E-state index in [1.807, 2.05) is 6.26 Å². The van der Waals surface area contributed by atoms with Gasteiger partial charge >= 0.3 is 0 Å². The molecular formula is C18H21N5O2S2. The Balaban J connectivity index is 1.78. The first-order valence-electron chi connectivity index (χ1n) is 8.72. The minimum atomic E-state index is -0.279. The van der Waals surface area contributed by atoms with Crippen molar-refractivity contribution in [3.05, 3.63) is 34.7 Å². The summed E-state index contributed by atoms with van der Waals surface area (Å²) in [6.07, 6.45) is 7.74. The number of thioether (sulfide) groups is 1. The molecule has 0 spiro atoms. The van der Waals surface area contributed by atoms with Crippen molar-refractivity contribution in [2.75, 3.05) is 11.6 Å². The van der Waals surface area contributed by atoms with Gasteiger partial charge in [0, 0.05) is 6.42 Å². The maximum Gasteiger partial charge on any atom is 0.262 e. The number of nitrogens with zero attached hydrogens (tertiary/aromatic N) is 4. The molecule has 0 bridgehead atoms. The first-order valence-corrected chi connectivity index (χ1v) is 10.8. The van der Waals surface area contributed by atoms with Crippen molar-refractivity contribution in [1.29, 1.82) is 0 Å². The minimum absolute atomic E-state index is 0.279. The zero-order valence-electron chi connectivity index (χ0n) is 15.5. The molecule has 142 valence electrons. The van der Waals surface area contributed by atoms with Crippen molar-refractivity contribution in [3.8, 4) is 11.6 Å². The van der Waals surface area contributed by atoms with Crippen LogP contribution in [0.4, 0.5) is 5.13 Å². The quantitative estimate of drug-likeness (QED) is 0.333. The number of furan rings is 1. The number of anilines is 1. The molecule has 3 rings (SSSR count). The molecule has 0 aliphatic heterocycles. The van der Waals surface area contributed by atoms with Gasteiger partial charge in [-0.25, -0.2) is 9.97 Å². The Hall–Kier alpha value is -2.26. The Bertz CT molecular complexity index is 909. The van der Waals surface area contributed by atoms with E-state index in [0.29, 0.717) is 33.0 Å². The molecule has 0 atom stereocenters. The predicted molar refractivity (Wildman–Crippen MR) is 107 cm³/mol. The molecule has 27 heavy (non-hydrogen) atoms. The van der Waals surface area contributed by atoms with Crippen LogP contribution in [-0.2, 0) is 6.42 Å². The standard InChI is InChI=1S/C18H21N5O2S2/c1-4-5-6-9-13-22-23-18(27-13)21-16(24)14-11(2)19-15(20-17(14)26-3)12-8-7-10-25-12/h7-8,10H,4-6,9H2,1-3H3,(H,21,23,24). The third-order valence-electron chi connectivity index (χ3n) is 3.90. The number of hydrogen-bond acceptors (Lipinski definition) is 8. The van der Waals surface area contributed by atoms with Gasteiger partial charge in [0.15, 0.2) is 11.6 Å². The largest absolute Gasteiger partial charge is 0.461 e. The van der Waals surface area contributed by atoms with E-state index >= 15 is 0 Å². The van der Waals surface area contributed by atoms with Crippen LogP contribution < -0.4 is 5.32 Å². The number of aromatic nitrogens is 4. The highest BCUT2D eigenvalue weighted by atomic mass is 32.2. The van der Waals surface area contributed by atoms with Gasteiger partial charge in [-0.1, -0.05) is 31.1 Å². The zero-order valence-corrected chi connectivity index (χ0v) is 17.1. The molecule has 1 amide bonds. The number of nitrogens with one attached hydrogen (secondary N) is 1. The summed E-state index contributed by atoms with van der Waals surface area (Å²) in [6.45, 7) is 3.95. The van der Waals surface area contributed by atoms with Crippen LogP contribution in [0, 0.1) is 6.92 Å². The Labute approximate surface area is 166 Å². The van der Waals surface area contributed by atoms with Gasteiger partial charge in [-0.2, -0.15) is 0 Å². The van der Waals surface area contributed by atoms with Crippen LogP contribution in [0.5, 0.6) is 0 Å². The Morgan fingerprint density at radius 3 is 2.85 bits per heavy atom. The fourth-order valence-electron chi connectivity index (χ4n) is 2.56. The van der Waals surface area contributed by atoms with Gasteiger partial charge in [-0.05, 0) is 31.7 Å². The highest BCUT2D eigenvalue weighted by molar-refractivity contribution is 7.98. The smallest absolute Gasteiger partial charge is 0.262 e. The summed E-state index contributed by atoms with van der Waals surface area (Å²) in [5.41, 5.74) is 1.03. The van der Waals surface area contributed by atoms with E-state index < -0.39 is 0 Å². The van der Waals surface area contributed by atoms with Crippen LogP contribution in [0.1, 0.15) is 47.2 Å². The van der Waals surface area contributed by atoms with Crippen LogP contribution in [0.15, 0.2) is 27.8 Å². The average Bonchev–Trinajstić information content (AvgIpc) is 3.33. The number of aryl methyl sites for hydroxylation is 2. The molecule has 1 N–H and O–H groups in total. The molecule has 0 saturated carbocycles. The number of carbonyl (C=O) groups excluding carboxylic acids is 1. The number of hydrogen-bond donors (Lipinski definition) is 1.